The Bertz CT molecular complexity index is 2760. The first-order chi connectivity index (χ1) is 36.4. The zero-order valence-electron chi connectivity index (χ0n) is 44.1. The number of nitrogens with two attached hydrogens (primary N) is 1. The van der Waals surface area contributed by atoms with Crippen LogP contribution in [0.15, 0.2) is 62.0 Å². The minimum Gasteiger partial charge on any atom is -0.476 e. The molecule has 9 heterocycles. The van der Waals surface area contributed by atoms with E-state index in [1.165, 1.54) is 6.20 Å². The summed E-state index contributed by atoms with van der Waals surface area (Å²) in [4.78, 5) is 98.3. The van der Waals surface area contributed by atoms with E-state index in [1.807, 2.05) is 13.7 Å². The average molecular weight is 1220 g/mol. The van der Waals surface area contributed by atoms with Gasteiger partial charge in [0, 0.05) is 101 Å². The number of rotatable bonds is 12. The summed E-state index contributed by atoms with van der Waals surface area (Å²) in [5.41, 5.74) is 7.10. The second kappa shape index (κ2) is 40.6. The predicted molar refractivity (Wildman–Crippen MR) is 320 cm³/mol. The number of esters is 4. The van der Waals surface area contributed by atoms with Crippen LogP contribution >= 0.6 is 15.9 Å². The Morgan fingerprint density at radius 3 is 1.45 bits per heavy atom. The van der Waals surface area contributed by atoms with Gasteiger partial charge in [0.2, 0.25) is 5.78 Å². The van der Waals surface area contributed by atoms with Gasteiger partial charge in [-0.25, -0.2) is 48.9 Å². The highest BCUT2D eigenvalue weighted by Crippen LogP contribution is 2.17. The number of anilines is 1. The molecule has 26 nitrogen and oxygen atoms in total. The molecule has 3 aliphatic rings. The van der Waals surface area contributed by atoms with Crippen LogP contribution in [0.3, 0.4) is 0 Å². The number of nitrogens with zero attached hydrogens (tertiary/aromatic N) is 13. The first-order valence-electron chi connectivity index (χ1n) is 24.6. The first kappa shape index (κ1) is 78.7. The number of ketones is 1. The number of aromatic carboxylic acids is 1. The van der Waals surface area contributed by atoms with Gasteiger partial charge in [-0.05, 0) is 55.4 Å². The lowest BCUT2D eigenvalue weighted by atomic mass is 10.2. The van der Waals surface area contributed by atoms with Crippen LogP contribution in [-0.4, -0.2) is 167 Å². The van der Waals surface area contributed by atoms with E-state index in [4.69, 9.17) is 25.1 Å². The smallest absolute Gasteiger partial charge is 0.375 e. The van der Waals surface area contributed by atoms with Gasteiger partial charge in [-0.1, -0.05) is 60.5 Å². The molecule has 4 N–H and O–H groups in total. The number of halogens is 1. The fraction of sp³-hybridized carbons (Fsp3) is 0.545. The highest BCUT2D eigenvalue weighted by molar-refractivity contribution is 9.09. The fourth-order valence-corrected chi connectivity index (χ4v) is 7.27. The molecule has 0 aromatic carbocycles. The van der Waals surface area contributed by atoms with Gasteiger partial charge >= 0.3 is 29.8 Å². The molecule has 0 unspecified atom stereocenters. The van der Waals surface area contributed by atoms with E-state index in [2.05, 4.69) is 98.4 Å². The third-order valence-corrected chi connectivity index (χ3v) is 11.4. The lowest BCUT2D eigenvalue weighted by Gasteiger charge is -2.30. The molecule has 3 aliphatic heterocycles. The van der Waals surface area contributed by atoms with Crippen molar-refractivity contribution in [1.82, 2.24) is 68.1 Å². The SMILES string of the molecule is C.C.C.C.C.C.CC(C)N1CCn2cc(C(=O)O)nc2C1.CCOC(=O)C(=O)CBr.CCOC(=O)c1cn2c(n1)CN(C(C)C)CC2.CCOC(=O)c1cn2c(n1)CNCC2.CCOC(=O)c1cn2ccncc2n1.Nc1cnccn1. The van der Waals surface area contributed by atoms with Crippen molar-refractivity contribution in [1.29, 1.82) is 0 Å². The maximum atomic E-state index is 11.6. The largest absolute Gasteiger partial charge is 0.476 e. The standard InChI is InChI=1S/C12H19N3O2.C10H15N3O2.C9H13N3O2.C9H9N3O2.C5H7BrO3.C4H5N3.6CH4/c1-4-17-12(16)10-7-15-6-5-14(9(2)3)8-11(15)13-10;1-7(2)12-3-4-13-5-8(10(14)15)11-9(13)6-12;2*1-2-14-9(13)7-6-12-4-3-10-5-8(12)11-7;1-2-9-5(8)4(7)3-6;5-4-3-6-1-2-7-4;;;;;;/h7,9H,4-6,8H2,1-3H3;5,7H,3-4,6H2,1-2H3,(H,14,15);6,10H,2-5H2,1H3;3-6H,2H2,1H3;2-3H2,1H3;1-3H,(H2,5,7);6*1H4. The third-order valence-electron chi connectivity index (χ3n) is 10.9. The molecular weight excluding hydrogens is 1130 g/mol. The molecule has 6 aromatic rings. The molecule has 0 atom stereocenters. The molecule has 27 heteroatoms. The van der Waals surface area contributed by atoms with E-state index < -0.39 is 23.7 Å². The van der Waals surface area contributed by atoms with Crippen molar-refractivity contribution in [3.63, 3.8) is 0 Å². The summed E-state index contributed by atoms with van der Waals surface area (Å²) in [5, 5.41) is 12.0. The van der Waals surface area contributed by atoms with Gasteiger partial charge in [-0.3, -0.25) is 24.6 Å². The van der Waals surface area contributed by atoms with E-state index >= 15 is 0 Å². The Morgan fingerprint density at radius 2 is 1.05 bits per heavy atom. The molecule has 82 heavy (non-hydrogen) atoms. The number of aromatic nitrogens is 11. The van der Waals surface area contributed by atoms with Crippen molar-refractivity contribution in [2.24, 2.45) is 0 Å². The molecule has 0 saturated carbocycles. The number of hydrogen-bond acceptors (Lipinski definition) is 21. The molecule has 0 fully saturated rings. The van der Waals surface area contributed by atoms with Crippen molar-refractivity contribution < 1.29 is 52.8 Å². The van der Waals surface area contributed by atoms with Crippen LogP contribution in [0.1, 0.15) is 159 Å². The van der Waals surface area contributed by atoms with E-state index in [9.17, 15) is 28.8 Å². The Balaban J connectivity index is -0.000000916. The quantitative estimate of drug-likeness (QED) is 0.0461. The average Bonchev–Trinajstić information content (AvgIpc) is 4.24. The van der Waals surface area contributed by atoms with Crippen molar-refractivity contribution in [3.8, 4) is 0 Å². The van der Waals surface area contributed by atoms with Gasteiger partial charge < -0.3 is 53.2 Å². The minimum atomic E-state index is -0.951. The van der Waals surface area contributed by atoms with Crippen LogP contribution in [0.25, 0.3) is 5.65 Å². The highest BCUT2D eigenvalue weighted by atomic mass is 79.9. The highest BCUT2D eigenvalue weighted by Gasteiger charge is 2.24. The predicted octanol–water partition coefficient (Wildman–Crippen LogP) is 7.55. The van der Waals surface area contributed by atoms with Crippen molar-refractivity contribution in [3.05, 3.63) is 102 Å². The summed E-state index contributed by atoms with van der Waals surface area (Å²) in [6.07, 6.45) is 16.4. The van der Waals surface area contributed by atoms with Gasteiger partial charge in [0.15, 0.2) is 28.4 Å². The second-order valence-electron chi connectivity index (χ2n) is 16.9. The first-order valence-corrected chi connectivity index (χ1v) is 25.7. The summed E-state index contributed by atoms with van der Waals surface area (Å²) in [6, 6.07) is 0.982. The van der Waals surface area contributed by atoms with Gasteiger partial charge in [-0.2, -0.15) is 0 Å². The van der Waals surface area contributed by atoms with Crippen molar-refractivity contribution in [2.75, 3.05) is 57.1 Å². The number of carboxylic acids is 1. The number of carboxylic acid groups (broad SMARTS) is 1. The number of imidazole rings is 4. The Morgan fingerprint density at radius 1 is 0.598 bits per heavy atom. The van der Waals surface area contributed by atoms with Gasteiger partial charge in [0.05, 0.1) is 63.8 Å². The Hall–Kier alpha value is -7.49. The molecule has 6 aromatic heterocycles. The van der Waals surface area contributed by atoms with Crippen LogP contribution in [-0.2, 0) is 67.8 Å². The van der Waals surface area contributed by atoms with E-state index in [0.29, 0.717) is 60.5 Å². The van der Waals surface area contributed by atoms with Gasteiger partial charge in [0.25, 0.3) is 0 Å². The fourth-order valence-electron chi connectivity index (χ4n) is 7.04. The van der Waals surface area contributed by atoms with Crippen LogP contribution in [0, 0.1) is 0 Å². The van der Waals surface area contributed by atoms with Crippen LogP contribution in [0.5, 0.6) is 0 Å². The van der Waals surface area contributed by atoms with Gasteiger partial charge in [-0.15, -0.1) is 0 Å². The van der Waals surface area contributed by atoms with Crippen LogP contribution < -0.4 is 11.1 Å². The zero-order chi connectivity index (χ0) is 55.7. The topological polar surface area (TPSA) is 314 Å². The van der Waals surface area contributed by atoms with E-state index in [0.717, 1.165) is 76.4 Å². The maximum absolute atomic E-state index is 11.6. The molecule has 0 saturated heterocycles. The maximum Gasteiger partial charge on any atom is 0.375 e. The van der Waals surface area contributed by atoms with E-state index in [1.54, 1.807) is 87.9 Å². The van der Waals surface area contributed by atoms with Crippen LogP contribution in [0.4, 0.5) is 5.82 Å². The summed E-state index contributed by atoms with van der Waals surface area (Å²) in [5.74, 6) is -0.169. The Kier molecular flexibility index (Phi) is 39.0. The number of fused-ring (bicyclic) bond motifs is 4. The van der Waals surface area contributed by atoms with Crippen LogP contribution in [0.2, 0.25) is 0 Å². The molecule has 0 aliphatic carbocycles. The summed E-state index contributed by atoms with van der Waals surface area (Å²) in [7, 11) is 0. The molecule has 9 rings (SSSR count). The monoisotopic (exact) mass is 1220 g/mol. The molecular formula is C55H92BrN15O11. The zero-order valence-corrected chi connectivity index (χ0v) is 45.7. The molecule has 0 bridgehead atoms. The minimum absolute atomic E-state index is 0. The van der Waals surface area contributed by atoms with Gasteiger partial charge in [0.1, 0.15) is 23.3 Å². The molecule has 0 radical (unpaired) electrons. The molecule has 460 valence electrons. The van der Waals surface area contributed by atoms with E-state index in [-0.39, 0.29) is 74.1 Å². The number of carbonyl (C=O) groups excluding carboxylic acids is 5. The number of hydrogen-bond donors (Lipinski definition) is 3. The number of ether oxygens (including phenoxy) is 4. The molecule has 0 amide bonds. The number of nitrogens with one attached hydrogen (secondary N) is 1. The normalized spacial score (nSPS) is 12.4. The van der Waals surface area contributed by atoms with Crippen molar-refractivity contribution >= 4 is 63.0 Å². The summed E-state index contributed by atoms with van der Waals surface area (Å²) in [6.45, 7) is 24.7. The summed E-state index contributed by atoms with van der Waals surface area (Å²) >= 11 is 2.83. The number of carbonyl (C=O) groups is 6. The Labute approximate surface area is 492 Å². The lowest BCUT2D eigenvalue weighted by Crippen LogP contribution is -2.38. The summed E-state index contributed by atoms with van der Waals surface area (Å²) < 4.78 is 26.7. The number of alkyl halides is 1. The second-order valence-corrected chi connectivity index (χ2v) is 17.4. The number of nitrogen functional groups attached to an aromatic ring is 1. The number of Topliss-reactive ketones (excluding diaryl/α,β-unsaturated/α-hetero) is 1. The molecule has 0 spiro atoms. The third kappa shape index (κ3) is 24.7. The van der Waals surface area contributed by atoms with Crippen molar-refractivity contribution in [2.45, 2.75) is 151 Å². The lowest BCUT2D eigenvalue weighted by molar-refractivity contribution is -0.152.